The van der Waals surface area contributed by atoms with E-state index in [0.717, 1.165) is 12.8 Å². The van der Waals surface area contributed by atoms with Crippen LogP contribution in [-0.2, 0) is 14.0 Å². The fraction of sp³-hybridized carbons (Fsp3) is 0.857. The third-order valence-corrected chi connectivity index (χ3v) is 17.8. The second kappa shape index (κ2) is 10.9. The normalized spacial score (nSPS) is 37.4. The number of esters is 1. The van der Waals surface area contributed by atoms with E-state index >= 15 is 0 Å². The summed E-state index contributed by atoms with van der Waals surface area (Å²) in [5.74, 6) is 1.44. The molecule has 0 saturated heterocycles. The number of hydrogen-bond donors (Lipinski definition) is 2. The SMILES string of the molecule is COC(=O)C(C)(O)C(C)(O)CC[C@@H](C)[C@H]1CC[C@H]2C3=CC=C4C[C@@H](O[Si](C)(C)C(C)(C)C)CC[C@]4(C)[C@H]3CC[C@]12C. The summed E-state index contributed by atoms with van der Waals surface area (Å²) in [5, 5.41) is 22.0. The van der Waals surface area contributed by atoms with Gasteiger partial charge >= 0.3 is 5.97 Å². The molecule has 0 radical (unpaired) electrons. The highest BCUT2D eigenvalue weighted by molar-refractivity contribution is 6.74. The van der Waals surface area contributed by atoms with Crippen molar-refractivity contribution in [2.75, 3.05) is 7.11 Å². The van der Waals surface area contributed by atoms with Gasteiger partial charge in [-0.15, -0.1) is 0 Å². The Balaban J connectivity index is 1.48. The molecular weight excluding hydrogens is 528 g/mol. The maximum Gasteiger partial charge on any atom is 0.340 e. The zero-order valence-corrected chi connectivity index (χ0v) is 29.0. The lowest BCUT2D eigenvalue weighted by atomic mass is 9.50. The number of methoxy groups -OCH3 is 1. The van der Waals surface area contributed by atoms with Crippen LogP contribution in [0.4, 0.5) is 0 Å². The van der Waals surface area contributed by atoms with Crippen molar-refractivity contribution in [1.29, 1.82) is 0 Å². The molecule has 5 nitrogen and oxygen atoms in total. The summed E-state index contributed by atoms with van der Waals surface area (Å²) in [7, 11) is -0.537. The second-order valence-electron chi connectivity index (χ2n) is 16.7. The number of aliphatic hydroxyl groups is 2. The zero-order chi connectivity index (χ0) is 30.8. The monoisotopic (exact) mass is 588 g/mol. The average Bonchev–Trinajstić information content (AvgIpc) is 3.23. The summed E-state index contributed by atoms with van der Waals surface area (Å²) >= 11 is 0. The zero-order valence-electron chi connectivity index (χ0n) is 28.0. The Morgan fingerprint density at radius 1 is 1.02 bits per heavy atom. The fourth-order valence-corrected chi connectivity index (χ4v) is 10.4. The first-order valence-electron chi connectivity index (χ1n) is 16.3. The van der Waals surface area contributed by atoms with Crippen LogP contribution in [0.25, 0.3) is 0 Å². The third kappa shape index (κ3) is 5.57. The minimum atomic E-state index is -1.93. The molecule has 0 aromatic rings. The van der Waals surface area contributed by atoms with Gasteiger partial charge in [-0.2, -0.15) is 0 Å². The van der Waals surface area contributed by atoms with E-state index < -0.39 is 25.5 Å². The molecule has 0 aliphatic heterocycles. The fourth-order valence-electron chi connectivity index (χ4n) is 9.01. The molecule has 0 heterocycles. The van der Waals surface area contributed by atoms with E-state index in [2.05, 4.69) is 66.8 Å². The van der Waals surface area contributed by atoms with Crippen molar-refractivity contribution in [3.63, 3.8) is 0 Å². The Hall–Kier alpha value is -0.953. The van der Waals surface area contributed by atoms with Crippen LogP contribution in [0.3, 0.4) is 0 Å². The lowest BCUT2D eigenvalue weighted by Gasteiger charge is -2.56. The van der Waals surface area contributed by atoms with E-state index in [4.69, 9.17) is 9.16 Å². The van der Waals surface area contributed by atoms with Gasteiger partial charge in [0.15, 0.2) is 13.9 Å². The summed E-state index contributed by atoms with van der Waals surface area (Å²) in [6.07, 6.45) is 14.9. The maximum atomic E-state index is 12.2. The van der Waals surface area contributed by atoms with Crippen molar-refractivity contribution in [2.45, 2.75) is 149 Å². The molecule has 0 bridgehead atoms. The summed E-state index contributed by atoms with van der Waals surface area (Å²) in [6, 6.07) is 0. The number of hydrogen-bond acceptors (Lipinski definition) is 5. The van der Waals surface area contributed by atoms with Gasteiger partial charge in [-0.25, -0.2) is 4.79 Å². The average molecular weight is 589 g/mol. The Kier molecular flexibility index (Phi) is 8.75. The molecule has 0 spiro atoms. The molecule has 0 aromatic heterocycles. The number of carbonyl (C=O) groups is 1. The minimum Gasteiger partial charge on any atom is -0.467 e. The molecule has 4 aliphatic carbocycles. The first-order valence-corrected chi connectivity index (χ1v) is 19.2. The van der Waals surface area contributed by atoms with Gasteiger partial charge in [0.1, 0.15) is 5.60 Å². The molecule has 234 valence electrons. The molecule has 9 atom stereocenters. The minimum absolute atomic E-state index is 0.237. The quantitative estimate of drug-likeness (QED) is 0.222. The van der Waals surface area contributed by atoms with Crippen LogP contribution in [0.2, 0.25) is 18.1 Å². The van der Waals surface area contributed by atoms with Gasteiger partial charge in [0.25, 0.3) is 0 Å². The summed E-state index contributed by atoms with van der Waals surface area (Å²) in [5.41, 5.74) is 0.350. The van der Waals surface area contributed by atoms with Crippen LogP contribution >= 0.6 is 0 Å². The molecule has 2 N–H and O–H groups in total. The van der Waals surface area contributed by atoms with Crippen molar-refractivity contribution in [3.8, 4) is 0 Å². The van der Waals surface area contributed by atoms with Gasteiger partial charge < -0.3 is 19.4 Å². The first-order chi connectivity index (χ1) is 18.7. The van der Waals surface area contributed by atoms with Crippen molar-refractivity contribution in [2.24, 2.45) is 34.5 Å². The maximum absolute atomic E-state index is 12.2. The lowest BCUT2D eigenvalue weighted by molar-refractivity contribution is -0.190. The van der Waals surface area contributed by atoms with E-state index in [1.165, 1.54) is 52.6 Å². The standard InChI is InChI=1S/C35H60O5Si/c1-23(16-21-34(7,37)35(8,38)30(36)39-9)27-14-15-28-26-13-12-24-22-25(40-41(10,11)31(2,3)4)17-19-32(24,5)29(26)18-20-33(27,28)6/h12-13,23,25,27-29,37-38H,14-22H2,1-11H3/t23-,25+,27-,28+,29+,32+,33-,34?,35?/m1/s1. The summed E-state index contributed by atoms with van der Waals surface area (Å²) < 4.78 is 11.7. The Bertz CT molecular complexity index is 1060. The Morgan fingerprint density at radius 2 is 1.68 bits per heavy atom. The van der Waals surface area contributed by atoms with Crippen LogP contribution in [0, 0.1) is 34.5 Å². The van der Waals surface area contributed by atoms with Crippen LogP contribution in [0.1, 0.15) is 113 Å². The third-order valence-electron chi connectivity index (χ3n) is 13.3. The van der Waals surface area contributed by atoms with E-state index in [1.807, 2.05) is 0 Å². The van der Waals surface area contributed by atoms with Crippen molar-refractivity contribution < 1.29 is 24.2 Å². The number of ether oxygens (including phenoxy) is 1. The first kappa shape index (κ1) is 33.0. The predicted molar refractivity (Wildman–Crippen MR) is 169 cm³/mol. The topological polar surface area (TPSA) is 76.0 Å². The van der Waals surface area contributed by atoms with E-state index in [1.54, 1.807) is 18.1 Å². The number of rotatable bonds is 8. The second-order valence-corrected chi connectivity index (χ2v) is 21.5. The summed E-state index contributed by atoms with van der Waals surface area (Å²) in [4.78, 5) is 12.2. The number of fused-ring (bicyclic) bond motifs is 5. The van der Waals surface area contributed by atoms with Gasteiger partial charge in [-0.05, 0) is 124 Å². The molecule has 0 aromatic carbocycles. The van der Waals surface area contributed by atoms with Gasteiger partial charge in [-0.3, -0.25) is 0 Å². The van der Waals surface area contributed by atoms with Gasteiger partial charge in [0.05, 0.1) is 7.11 Å². The molecule has 2 unspecified atom stereocenters. The largest absolute Gasteiger partial charge is 0.467 e. The van der Waals surface area contributed by atoms with E-state index in [9.17, 15) is 15.0 Å². The molecule has 4 aliphatic rings. The molecular formula is C35H60O5Si. The van der Waals surface area contributed by atoms with Crippen molar-refractivity contribution in [3.05, 3.63) is 23.3 Å². The highest BCUT2D eigenvalue weighted by Crippen LogP contribution is 2.66. The predicted octanol–water partition coefficient (Wildman–Crippen LogP) is 7.97. The van der Waals surface area contributed by atoms with E-state index in [-0.39, 0.29) is 15.9 Å². The highest BCUT2D eigenvalue weighted by atomic mass is 28.4. The highest BCUT2D eigenvalue weighted by Gasteiger charge is 2.58. The number of carbonyl (C=O) groups excluding carboxylic acids is 1. The smallest absolute Gasteiger partial charge is 0.340 e. The lowest BCUT2D eigenvalue weighted by Crippen LogP contribution is -2.56. The van der Waals surface area contributed by atoms with Crippen LogP contribution in [0.5, 0.6) is 0 Å². The van der Waals surface area contributed by atoms with Crippen LogP contribution < -0.4 is 0 Å². The van der Waals surface area contributed by atoms with Gasteiger partial charge in [-0.1, -0.05) is 64.8 Å². The van der Waals surface area contributed by atoms with Crippen molar-refractivity contribution >= 4 is 14.3 Å². The van der Waals surface area contributed by atoms with E-state index in [0.29, 0.717) is 36.2 Å². The van der Waals surface area contributed by atoms with Crippen molar-refractivity contribution in [1.82, 2.24) is 0 Å². The summed E-state index contributed by atoms with van der Waals surface area (Å²) in [6.45, 7) is 22.1. The van der Waals surface area contributed by atoms with Crippen LogP contribution in [0.15, 0.2) is 23.3 Å². The van der Waals surface area contributed by atoms with Gasteiger partial charge in [0.2, 0.25) is 0 Å². The Morgan fingerprint density at radius 3 is 2.29 bits per heavy atom. The molecule has 41 heavy (non-hydrogen) atoms. The molecule has 6 heteroatoms. The molecule has 3 fully saturated rings. The van der Waals surface area contributed by atoms with Gasteiger partial charge in [0, 0.05) is 6.10 Å². The molecule has 0 amide bonds. The Labute approximate surface area is 251 Å². The van der Waals surface area contributed by atoms with Crippen LogP contribution in [-0.4, -0.2) is 48.9 Å². The molecule has 3 saturated carbocycles. The number of allylic oxidation sites excluding steroid dienone is 3. The molecule has 4 rings (SSSR count).